The second kappa shape index (κ2) is 6.11. The maximum atomic E-state index is 10.9. The molecule has 1 aromatic carbocycles. The van der Waals surface area contributed by atoms with Gasteiger partial charge in [0.05, 0.1) is 22.8 Å². The third kappa shape index (κ3) is 2.67. The molecule has 0 amide bonds. The monoisotopic (exact) mass is 321 g/mol. The van der Waals surface area contributed by atoms with Crippen LogP contribution in [0.5, 0.6) is 0 Å². The molecule has 2 heterocycles. The van der Waals surface area contributed by atoms with Crippen LogP contribution in [0.3, 0.4) is 0 Å². The topological polar surface area (TPSA) is 60.8 Å². The average Bonchev–Trinajstić information content (AvgIpc) is 3.03. The molecule has 0 saturated heterocycles. The Labute approximate surface area is 129 Å². The van der Waals surface area contributed by atoms with Gasteiger partial charge >= 0.3 is 0 Å². The lowest BCUT2D eigenvalue weighted by Gasteiger charge is -2.22. The first-order valence-electron chi connectivity index (χ1n) is 6.64. The summed E-state index contributed by atoms with van der Waals surface area (Å²) in [6.45, 7) is 1.11. The molecule has 2 aromatic heterocycles. The van der Waals surface area contributed by atoms with E-state index in [0.717, 1.165) is 36.3 Å². The number of rotatable bonds is 6. The zero-order chi connectivity index (χ0) is 14.8. The summed E-state index contributed by atoms with van der Waals surface area (Å²) in [7, 11) is 0. The Balaban J connectivity index is 2.05. The van der Waals surface area contributed by atoms with Crippen molar-refractivity contribution in [2.45, 2.75) is 0 Å². The van der Waals surface area contributed by atoms with Gasteiger partial charge in [0.2, 0.25) is 0 Å². The maximum absolute atomic E-state index is 10.9. The maximum Gasteiger partial charge on any atom is 0.160 e. The molecule has 0 radical (unpaired) electrons. The first-order chi connectivity index (χ1) is 10.3. The molecule has 0 unspecified atom stereocenters. The van der Waals surface area contributed by atoms with Crippen molar-refractivity contribution in [3.05, 3.63) is 29.1 Å². The zero-order valence-corrected chi connectivity index (χ0v) is 12.9. The zero-order valence-electron chi connectivity index (χ0n) is 11.3. The third-order valence-electron chi connectivity index (χ3n) is 3.37. The van der Waals surface area contributed by atoms with Crippen LogP contribution in [-0.2, 0) is 0 Å². The van der Waals surface area contributed by atoms with Crippen molar-refractivity contribution in [2.75, 3.05) is 31.2 Å². The summed E-state index contributed by atoms with van der Waals surface area (Å²) in [6.07, 6.45) is 0.891. The number of aliphatic hydroxyl groups is 2. The number of carbonyl (C=O) groups is 1. The van der Waals surface area contributed by atoms with Crippen LogP contribution in [-0.4, -0.2) is 42.8 Å². The van der Waals surface area contributed by atoms with E-state index in [9.17, 15) is 4.79 Å². The predicted molar refractivity (Wildman–Crippen MR) is 89.0 cm³/mol. The summed E-state index contributed by atoms with van der Waals surface area (Å²) in [5.41, 5.74) is 0.995. The predicted octanol–water partition coefficient (Wildman–Crippen LogP) is 2.72. The average molecular weight is 321 g/mol. The summed E-state index contributed by atoms with van der Waals surface area (Å²) in [5, 5.41) is 19.4. The van der Waals surface area contributed by atoms with E-state index in [4.69, 9.17) is 10.2 Å². The molecule has 0 aliphatic carbocycles. The van der Waals surface area contributed by atoms with Gasteiger partial charge < -0.3 is 15.1 Å². The van der Waals surface area contributed by atoms with E-state index in [-0.39, 0.29) is 13.2 Å². The number of aliphatic hydroxyl groups excluding tert-OH is 2. The van der Waals surface area contributed by atoms with Gasteiger partial charge in [-0.2, -0.15) is 0 Å². The van der Waals surface area contributed by atoms with Crippen LogP contribution in [0.25, 0.3) is 19.5 Å². The molecule has 21 heavy (non-hydrogen) atoms. The molecule has 3 aromatic rings. The number of carbonyl (C=O) groups excluding carboxylic acids is 1. The fourth-order valence-electron chi connectivity index (χ4n) is 2.42. The lowest BCUT2D eigenvalue weighted by atomic mass is 10.2. The van der Waals surface area contributed by atoms with Gasteiger partial charge in [-0.15, -0.1) is 22.7 Å². The first-order valence-corrected chi connectivity index (χ1v) is 8.28. The van der Waals surface area contributed by atoms with E-state index in [1.54, 1.807) is 11.3 Å². The summed E-state index contributed by atoms with van der Waals surface area (Å²) in [6, 6.07) is 8.06. The largest absolute Gasteiger partial charge is 0.395 e. The van der Waals surface area contributed by atoms with Crippen molar-refractivity contribution < 1.29 is 15.0 Å². The molecule has 0 saturated carbocycles. The second-order valence-corrected chi connectivity index (χ2v) is 6.84. The van der Waals surface area contributed by atoms with Crippen molar-refractivity contribution >= 4 is 54.1 Å². The molecular formula is C15H15NO3S2. The number of hydrogen-bond acceptors (Lipinski definition) is 6. The second-order valence-electron chi connectivity index (χ2n) is 4.68. The molecule has 0 fully saturated rings. The number of thiophene rings is 2. The van der Waals surface area contributed by atoms with Crippen molar-refractivity contribution in [3.63, 3.8) is 0 Å². The van der Waals surface area contributed by atoms with E-state index >= 15 is 0 Å². The quantitative estimate of drug-likeness (QED) is 0.685. The highest BCUT2D eigenvalue weighted by Gasteiger charge is 2.12. The Hall–Kier alpha value is -1.47. The highest BCUT2D eigenvalue weighted by molar-refractivity contribution is 7.33. The molecule has 3 rings (SSSR count). The van der Waals surface area contributed by atoms with Gasteiger partial charge in [0.1, 0.15) is 0 Å². The molecule has 110 valence electrons. The van der Waals surface area contributed by atoms with Crippen LogP contribution < -0.4 is 4.90 Å². The molecule has 0 spiro atoms. The third-order valence-corrected chi connectivity index (χ3v) is 5.69. The van der Waals surface area contributed by atoms with Gasteiger partial charge in [0.15, 0.2) is 6.29 Å². The number of aldehydes is 1. The number of hydrogen-bond donors (Lipinski definition) is 2. The normalized spacial score (nSPS) is 11.3. The van der Waals surface area contributed by atoms with E-state index in [0.29, 0.717) is 13.1 Å². The molecular weight excluding hydrogens is 306 g/mol. The minimum absolute atomic E-state index is 0.0558. The Morgan fingerprint density at radius 2 is 1.81 bits per heavy atom. The summed E-state index contributed by atoms with van der Waals surface area (Å²) in [5.74, 6) is 0. The smallest absolute Gasteiger partial charge is 0.160 e. The number of benzene rings is 1. The van der Waals surface area contributed by atoms with Gasteiger partial charge in [0, 0.05) is 33.6 Å². The van der Waals surface area contributed by atoms with E-state index in [1.165, 1.54) is 11.3 Å². The summed E-state index contributed by atoms with van der Waals surface area (Å²) < 4.78 is 3.44. The lowest BCUT2D eigenvalue weighted by Crippen LogP contribution is -2.29. The van der Waals surface area contributed by atoms with Crippen LogP contribution in [0, 0.1) is 0 Å². The van der Waals surface area contributed by atoms with Crippen LogP contribution in [0.4, 0.5) is 5.69 Å². The summed E-state index contributed by atoms with van der Waals surface area (Å²) in [4.78, 5) is 13.6. The number of anilines is 1. The van der Waals surface area contributed by atoms with Crippen LogP contribution >= 0.6 is 22.7 Å². The van der Waals surface area contributed by atoms with Crippen LogP contribution in [0.2, 0.25) is 0 Å². The minimum Gasteiger partial charge on any atom is -0.395 e. The van der Waals surface area contributed by atoms with Gasteiger partial charge in [0.25, 0.3) is 0 Å². The molecule has 0 atom stereocenters. The van der Waals surface area contributed by atoms with Crippen molar-refractivity contribution in [1.29, 1.82) is 0 Å². The molecule has 0 bridgehead atoms. The van der Waals surface area contributed by atoms with E-state index in [2.05, 4.69) is 12.1 Å². The van der Waals surface area contributed by atoms with Gasteiger partial charge in [-0.25, -0.2) is 0 Å². The van der Waals surface area contributed by atoms with Crippen molar-refractivity contribution in [3.8, 4) is 0 Å². The Kier molecular flexibility index (Phi) is 4.21. The highest BCUT2D eigenvalue weighted by Crippen LogP contribution is 2.40. The van der Waals surface area contributed by atoms with Gasteiger partial charge in [-0.05, 0) is 18.2 Å². The first kappa shape index (κ1) is 14.5. The van der Waals surface area contributed by atoms with Crippen molar-refractivity contribution in [1.82, 2.24) is 0 Å². The molecule has 2 N–H and O–H groups in total. The molecule has 0 aliphatic heterocycles. The van der Waals surface area contributed by atoms with Gasteiger partial charge in [-0.3, -0.25) is 4.79 Å². The summed E-state index contributed by atoms with van der Waals surface area (Å²) >= 11 is 3.18. The minimum atomic E-state index is 0.0558. The molecule has 4 nitrogen and oxygen atoms in total. The fraction of sp³-hybridized carbons (Fsp3) is 0.267. The number of nitrogens with zero attached hydrogens (tertiary/aromatic N) is 1. The SMILES string of the molecule is O=Cc1cc2sc3cc(N(CCO)CCO)ccc3c2s1. The van der Waals surface area contributed by atoms with E-state index in [1.807, 2.05) is 17.0 Å². The Bertz CT molecular complexity index is 772. The number of fused-ring (bicyclic) bond motifs is 3. The highest BCUT2D eigenvalue weighted by atomic mass is 32.1. The lowest BCUT2D eigenvalue weighted by molar-refractivity contribution is 0.112. The van der Waals surface area contributed by atoms with Crippen LogP contribution in [0.15, 0.2) is 24.3 Å². The van der Waals surface area contributed by atoms with Crippen molar-refractivity contribution in [2.24, 2.45) is 0 Å². The molecule has 0 aliphatic rings. The van der Waals surface area contributed by atoms with E-state index < -0.39 is 0 Å². The molecule has 6 heteroatoms. The van der Waals surface area contributed by atoms with Crippen LogP contribution in [0.1, 0.15) is 9.67 Å². The fourth-order valence-corrected chi connectivity index (χ4v) is 4.81. The Morgan fingerprint density at radius 1 is 1.05 bits per heavy atom. The van der Waals surface area contributed by atoms with Gasteiger partial charge in [-0.1, -0.05) is 6.07 Å². The standard InChI is InChI=1S/C15H15NO3S2/c17-5-3-16(4-6-18)10-1-2-12-13(7-10)21-14-8-11(9-19)20-15(12)14/h1-2,7-9,17-18H,3-6H2. The Morgan fingerprint density at radius 3 is 2.48 bits per heavy atom.